The molecule has 0 aliphatic rings. The first kappa shape index (κ1) is 19.3. The van der Waals surface area contributed by atoms with Gasteiger partial charge in [-0.1, -0.05) is 30.3 Å². The highest BCUT2D eigenvalue weighted by atomic mass is 16.2. The van der Waals surface area contributed by atoms with Gasteiger partial charge < -0.3 is 20.9 Å². The number of carbonyl (C=O) groups is 2. The molecule has 0 aliphatic carbocycles. The van der Waals surface area contributed by atoms with E-state index in [0.29, 0.717) is 24.5 Å². The number of aromatic amines is 1. The molecule has 0 radical (unpaired) electrons. The van der Waals surface area contributed by atoms with Crippen LogP contribution in [0.5, 0.6) is 0 Å². The fourth-order valence-electron chi connectivity index (χ4n) is 3.17. The maximum absolute atomic E-state index is 12.3. The second kappa shape index (κ2) is 8.52. The molecule has 2 aromatic carbocycles. The number of hydrogen-bond donors (Lipinski definition) is 4. The Hall–Kier alpha value is -4.07. The average molecular weight is 402 g/mol. The van der Waals surface area contributed by atoms with Gasteiger partial charge in [0.1, 0.15) is 5.69 Å². The third-order valence-electron chi connectivity index (χ3n) is 4.66. The lowest BCUT2D eigenvalue weighted by atomic mass is 10.2. The van der Waals surface area contributed by atoms with Crippen LogP contribution in [-0.4, -0.2) is 33.8 Å². The van der Waals surface area contributed by atoms with Crippen molar-refractivity contribution in [1.29, 1.82) is 0 Å². The number of rotatable bonds is 6. The first-order valence-electron chi connectivity index (χ1n) is 9.57. The smallest absolute Gasteiger partial charge is 0.319 e. The van der Waals surface area contributed by atoms with E-state index >= 15 is 0 Å². The second-order valence-electron chi connectivity index (χ2n) is 6.86. The molecule has 0 bridgehead atoms. The summed E-state index contributed by atoms with van der Waals surface area (Å²) in [5.41, 5.74) is 3.87. The van der Waals surface area contributed by atoms with Gasteiger partial charge in [0.15, 0.2) is 0 Å². The molecule has 0 fully saturated rings. The van der Waals surface area contributed by atoms with Crippen LogP contribution in [0.2, 0.25) is 0 Å². The summed E-state index contributed by atoms with van der Waals surface area (Å²) in [4.78, 5) is 27.0. The van der Waals surface area contributed by atoms with Crippen molar-refractivity contribution in [1.82, 2.24) is 25.4 Å². The molecule has 0 saturated carbocycles. The van der Waals surface area contributed by atoms with E-state index in [1.54, 1.807) is 19.2 Å². The van der Waals surface area contributed by atoms with E-state index in [-0.39, 0.29) is 11.9 Å². The van der Waals surface area contributed by atoms with Gasteiger partial charge in [-0.25, -0.2) is 4.79 Å². The summed E-state index contributed by atoms with van der Waals surface area (Å²) < 4.78 is 1.84. The number of benzene rings is 2. The molecule has 4 N–H and O–H groups in total. The number of nitrogens with one attached hydrogen (secondary N) is 4. The number of urea groups is 1. The summed E-state index contributed by atoms with van der Waals surface area (Å²) in [5, 5.41) is 13.5. The Balaban J connectivity index is 1.33. The van der Waals surface area contributed by atoms with E-state index < -0.39 is 0 Å². The molecule has 4 rings (SSSR count). The molecule has 0 aliphatic heterocycles. The number of fused-ring (bicyclic) bond motifs is 1. The quantitative estimate of drug-likeness (QED) is 0.398. The van der Waals surface area contributed by atoms with Gasteiger partial charge in [-0.3, -0.25) is 9.48 Å². The Morgan fingerprint density at radius 1 is 1.07 bits per heavy atom. The zero-order chi connectivity index (χ0) is 20.9. The SMILES string of the molecule is CNC(=O)c1cc2cc(NC(=O)NCc3ccn(Cc4ccccc4)n3)ccc2[nH]1. The molecule has 4 aromatic rings. The first-order valence-corrected chi connectivity index (χ1v) is 9.57. The number of anilines is 1. The van der Waals surface area contributed by atoms with Crippen molar-refractivity contribution in [2.75, 3.05) is 12.4 Å². The van der Waals surface area contributed by atoms with Gasteiger partial charge in [0, 0.05) is 29.8 Å². The summed E-state index contributed by atoms with van der Waals surface area (Å²) in [6.07, 6.45) is 1.89. The van der Waals surface area contributed by atoms with Crippen LogP contribution in [0.25, 0.3) is 10.9 Å². The number of carbonyl (C=O) groups excluding carboxylic acids is 2. The van der Waals surface area contributed by atoms with Crippen molar-refractivity contribution in [2.24, 2.45) is 0 Å². The predicted octanol–water partition coefficient (Wildman–Crippen LogP) is 3.09. The van der Waals surface area contributed by atoms with Crippen LogP contribution in [0.15, 0.2) is 66.9 Å². The number of amides is 3. The van der Waals surface area contributed by atoms with Crippen molar-refractivity contribution >= 4 is 28.5 Å². The predicted molar refractivity (Wildman–Crippen MR) is 115 cm³/mol. The zero-order valence-corrected chi connectivity index (χ0v) is 16.5. The number of H-pyrrole nitrogens is 1. The molecule has 152 valence electrons. The molecule has 0 atom stereocenters. The van der Waals surface area contributed by atoms with Crippen LogP contribution >= 0.6 is 0 Å². The zero-order valence-electron chi connectivity index (χ0n) is 16.5. The van der Waals surface area contributed by atoms with Crippen molar-refractivity contribution in [2.45, 2.75) is 13.1 Å². The lowest BCUT2D eigenvalue weighted by Gasteiger charge is -2.07. The number of nitrogens with zero attached hydrogens (tertiary/aromatic N) is 2. The molecule has 30 heavy (non-hydrogen) atoms. The maximum atomic E-state index is 12.3. The molecule has 3 amide bonds. The van der Waals surface area contributed by atoms with E-state index in [9.17, 15) is 9.59 Å². The van der Waals surface area contributed by atoms with Gasteiger partial charge in [0.2, 0.25) is 0 Å². The van der Waals surface area contributed by atoms with E-state index in [4.69, 9.17) is 0 Å². The summed E-state index contributed by atoms with van der Waals surface area (Å²) in [6.45, 7) is 1.00. The molecule has 2 heterocycles. The van der Waals surface area contributed by atoms with Gasteiger partial charge in [0.25, 0.3) is 5.91 Å². The van der Waals surface area contributed by atoms with Gasteiger partial charge >= 0.3 is 6.03 Å². The highest BCUT2D eigenvalue weighted by Crippen LogP contribution is 2.20. The first-order chi connectivity index (χ1) is 14.6. The molecular formula is C22H22N6O2. The molecule has 0 unspecified atom stereocenters. The van der Waals surface area contributed by atoms with Crippen molar-refractivity contribution in [3.63, 3.8) is 0 Å². The molecule has 0 spiro atoms. The van der Waals surface area contributed by atoms with Crippen LogP contribution in [0.3, 0.4) is 0 Å². The highest BCUT2D eigenvalue weighted by Gasteiger charge is 2.09. The average Bonchev–Trinajstić information content (AvgIpc) is 3.39. The Morgan fingerprint density at radius 3 is 2.70 bits per heavy atom. The third-order valence-corrected chi connectivity index (χ3v) is 4.66. The van der Waals surface area contributed by atoms with E-state index in [1.165, 1.54) is 0 Å². The Bertz CT molecular complexity index is 1180. The fourth-order valence-corrected chi connectivity index (χ4v) is 3.17. The fraction of sp³-hybridized carbons (Fsp3) is 0.136. The van der Waals surface area contributed by atoms with Gasteiger partial charge in [-0.05, 0) is 35.9 Å². The molecule has 0 saturated heterocycles. The van der Waals surface area contributed by atoms with Crippen LogP contribution in [0.4, 0.5) is 10.5 Å². The summed E-state index contributed by atoms with van der Waals surface area (Å²) in [5.74, 6) is -0.190. The number of hydrogen-bond acceptors (Lipinski definition) is 3. The van der Waals surface area contributed by atoms with Gasteiger partial charge in [0.05, 0.1) is 18.8 Å². The van der Waals surface area contributed by atoms with Crippen LogP contribution in [-0.2, 0) is 13.1 Å². The van der Waals surface area contributed by atoms with E-state index in [1.807, 2.05) is 59.4 Å². The molecule has 8 heteroatoms. The monoisotopic (exact) mass is 402 g/mol. The summed E-state index contributed by atoms with van der Waals surface area (Å²) in [7, 11) is 1.58. The van der Waals surface area contributed by atoms with Crippen LogP contribution < -0.4 is 16.0 Å². The van der Waals surface area contributed by atoms with Crippen LogP contribution in [0, 0.1) is 0 Å². The van der Waals surface area contributed by atoms with Crippen molar-refractivity contribution in [3.05, 3.63) is 83.8 Å². The summed E-state index contributed by atoms with van der Waals surface area (Å²) in [6, 6.07) is 18.8. The normalized spacial score (nSPS) is 10.7. The molecule has 8 nitrogen and oxygen atoms in total. The van der Waals surface area contributed by atoms with E-state index in [0.717, 1.165) is 22.2 Å². The van der Waals surface area contributed by atoms with Crippen molar-refractivity contribution in [3.8, 4) is 0 Å². The van der Waals surface area contributed by atoms with Gasteiger partial charge in [-0.15, -0.1) is 0 Å². The minimum atomic E-state index is -0.325. The van der Waals surface area contributed by atoms with Crippen molar-refractivity contribution < 1.29 is 9.59 Å². The van der Waals surface area contributed by atoms with Gasteiger partial charge in [-0.2, -0.15) is 5.10 Å². The Morgan fingerprint density at radius 2 is 1.90 bits per heavy atom. The minimum Gasteiger partial charge on any atom is -0.354 e. The topological polar surface area (TPSA) is 104 Å². The third kappa shape index (κ3) is 4.49. The van der Waals surface area contributed by atoms with E-state index in [2.05, 4.69) is 26.0 Å². The highest BCUT2D eigenvalue weighted by molar-refractivity contribution is 5.99. The minimum absolute atomic E-state index is 0.190. The standard InChI is InChI=1S/C22H22N6O2/c1-23-21(29)20-12-16-11-17(7-8-19(16)26-20)25-22(30)24-13-18-9-10-28(27-18)14-15-5-3-2-4-6-15/h2-12,26H,13-14H2,1H3,(H,23,29)(H2,24,25,30). The Labute approximate surface area is 173 Å². The lowest BCUT2D eigenvalue weighted by molar-refractivity contribution is 0.0959. The molecule has 2 aromatic heterocycles. The summed E-state index contributed by atoms with van der Waals surface area (Å²) >= 11 is 0. The second-order valence-corrected chi connectivity index (χ2v) is 6.86. The molecular weight excluding hydrogens is 380 g/mol. The lowest BCUT2D eigenvalue weighted by Crippen LogP contribution is -2.28. The largest absolute Gasteiger partial charge is 0.354 e. The maximum Gasteiger partial charge on any atom is 0.319 e. The van der Waals surface area contributed by atoms with Crippen LogP contribution in [0.1, 0.15) is 21.7 Å². The number of aromatic nitrogens is 3. The Kier molecular flexibility index (Phi) is 5.47.